The number of carbonyl (C=O) groups is 1. The molecule has 3 nitrogen and oxygen atoms in total. The first-order valence-corrected chi connectivity index (χ1v) is 7.29. The molecule has 1 heterocycles. The lowest BCUT2D eigenvalue weighted by atomic mass is 10.2. The van der Waals surface area contributed by atoms with Crippen molar-refractivity contribution in [1.29, 1.82) is 5.26 Å². The Bertz CT molecular complexity index is 765. The molecule has 1 aromatic heterocycles. The molecule has 0 aliphatic heterocycles. The molecular formula is C14H7BrF2N2OS. The fourth-order valence-electron chi connectivity index (χ4n) is 1.49. The molecule has 106 valence electrons. The first kappa shape index (κ1) is 15.4. The molecule has 0 saturated carbocycles. The molecule has 1 N–H and O–H groups in total. The maximum Gasteiger partial charge on any atom is 0.266 e. The molecule has 2 aromatic rings. The summed E-state index contributed by atoms with van der Waals surface area (Å²) in [6.07, 6.45) is 1.39. The Kier molecular flexibility index (Phi) is 4.83. The van der Waals surface area contributed by atoms with Crippen LogP contribution in [0.1, 0.15) is 5.56 Å². The molecule has 1 aromatic carbocycles. The number of hydrogen-bond acceptors (Lipinski definition) is 3. The van der Waals surface area contributed by atoms with Gasteiger partial charge in [-0.05, 0) is 51.1 Å². The molecule has 0 bridgehead atoms. The van der Waals surface area contributed by atoms with E-state index in [1.54, 1.807) is 17.5 Å². The van der Waals surface area contributed by atoms with E-state index in [0.29, 0.717) is 11.6 Å². The summed E-state index contributed by atoms with van der Waals surface area (Å²) in [6.45, 7) is 0. The van der Waals surface area contributed by atoms with Gasteiger partial charge in [0.1, 0.15) is 23.3 Å². The lowest BCUT2D eigenvalue weighted by Gasteiger charge is -2.05. The predicted octanol–water partition coefficient (Wildman–Crippen LogP) is 4.33. The van der Waals surface area contributed by atoms with Crippen molar-refractivity contribution in [2.24, 2.45) is 0 Å². The van der Waals surface area contributed by atoms with Crippen molar-refractivity contribution >= 4 is 44.9 Å². The molecule has 0 spiro atoms. The van der Waals surface area contributed by atoms with Gasteiger partial charge in [0.05, 0.1) is 9.47 Å². The summed E-state index contributed by atoms with van der Waals surface area (Å²) in [5.41, 5.74) is 0.316. The van der Waals surface area contributed by atoms with Gasteiger partial charge in [-0.3, -0.25) is 4.79 Å². The van der Waals surface area contributed by atoms with Crippen LogP contribution >= 0.6 is 27.3 Å². The Morgan fingerprint density at radius 2 is 2.14 bits per heavy atom. The van der Waals surface area contributed by atoms with Gasteiger partial charge in [0.15, 0.2) is 0 Å². The molecule has 0 aliphatic carbocycles. The van der Waals surface area contributed by atoms with E-state index in [-0.39, 0.29) is 11.3 Å². The van der Waals surface area contributed by atoms with E-state index in [9.17, 15) is 13.6 Å². The lowest BCUT2D eigenvalue weighted by molar-refractivity contribution is -0.112. The maximum atomic E-state index is 13.4. The Morgan fingerprint density at radius 1 is 1.38 bits per heavy atom. The maximum absolute atomic E-state index is 13.4. The molecule has 0 fully saturated rings. The van der Waals surface area contributed by atoms with Crippen LogP contribution in [0.5, 0.6) is 0 Å². The second kappa shape index (κ2) is 6.61. The standard InChI is InChI=1S/C14H7BrF2N2OS/c15-13-4-8(7-21-13)3-9(6-18)14(20)19-12-2-1-10(16)5-11(12)17/h1-5,7H,(H,19,20)/b9-3+. The molecule has 1 amide bonds. The average molecular weight is 369 g/mol. The zero-order chi connectivity index (χ0) is 15.4. The molecule has 0 aliphatic rings. The Morgan fingerprint density at radius 3 is 2.71 bits per heavy atom. The van der Waals surface area contributed by atoms with Crippen molar-refractivity contribution in [3.63, 3.8) is 0 Å². The molecule has 0 unspecified atom stereocenters. The van der Waals surface area contributed by atoms with E-state index in [0.717, 1.165) is 15.9 Å². The highest BCUT2D eigenvalue weighted by Gasteiger charge is 2.13. The largest absolute Gasteiger partial charge is 0.319 e. The summed E-state index contributed by atoms with van der Waals surface area (Å²) in [6, 6.07) is 6.26. The van der Waals surface area contributed by atoms with Crippen molar-refractivity contribution in [2.45, 2.75) is 0 Å². The van der Waals surface area contributed by atoms with Crippen LogP contribution in [0.3, 0.4) is 0 Å². The van der Waals surface area contributed by atoms with Crippen molar-refractivity contribution in [3.8, 4) is 6.07 Å². The van der Waals surface area contributed by atoms with Crippen LogP contribution in [-0.2, 0) is 4.79 Å². The average Bonchev–Trinajstić information content (AvgIpc) is 2.84. The summed E-state index contributed by atoms with van der Waals surface area (Å²) in [4.78, 5) is 11.9. The van der Waals surface area contributed by atoms with Gasteiger partial charge in [-0.2, -0.15) is 5.26 Å². The number of hydrogen-bond donors (Lipinski definition) is 1. The van der Waals surface area contributed by atoms with Gasteiger partial charge in [0.25, 0.3) is 5.91 Å². The van der Waals surface area contributed by atoms with Crippen LogP contribution in [0.25, 0.3) is 6.08 Å². The van der Waals surface area contributed by atoms with Gasteiger partial charge in [0.2, 0.25) is 0 Å². The highest BCUT2D eigenvalue weighted by Crippen LogP contribution is 2.23. The van der Waals surface area contributed by atoms with Crippen LogP contribution < -0.4 is 5.32 Å². The summed E-state index contributed by atoms with van der Waals surface area (Å²) < 4.78 is 27.1. The third-order valence-corrected chi connectivity index (χ3v) is 3.97. The monoisotopic (exact) mass is 368 g/mol. The minimum atomic E-state index is -0.904. The van der Waals surface area contributed by atoms with Gasteiger partial charge in [-0.15, -0.1) is 11.3 Å². The van der Waals surface area contributed by atoms with E-state index >= 15 is 0 Å². The van der Waals surface area contributed by atoms with Crippen molar-refractivity contribution in [3.05, 3.63) is 56.2 Å². The lowest BCUT2D eigenvalue weighted by Crippen LogP contribution is -2.14. The molecular weight excluding hydrogens is 362 g/mol. The molecule has 7 heteroatoms. The van der Waals surface area contributed by atoms with Crippen LogP contribution in [0.2, 0.25) is 0 Å². The summed E-state index contributed by atoms with van der Waals surface area (Å²) in [5, 5.41) is 13.0. The number of carbonyl (C=O) groups excluding carboxylic acids is 1. The van der Waals surface area contributed by atoms with Gasteiger partial charge in [0, 0.05) is 6.07 Å². The number of benzene rings is 1. The van der Waals surface area contributed by atoms with Crippen molar-refractivity contribution in [2.75, 3.05) is 5.32 Å². The fourth-order valence-corrected chi connectivity index (χ4v) is 2.63. The van der Waals surface area contributed by atoms with Gasteiger partial charge in [-0.25, -0.2) is 8.78 Å². The first-order chi connectivity index (χ1) is 9.99. The van der Waals surface area contributed by atoms with Crippen LogP contribution in [0, 0.1) is 23.0 Å². The SMILES string of the molecule is N#C/C(=C\c1csc(Br)c1)C(=O)Nc1ccc(F)cc1F. The van der Waals surface area contributed by atoms with Gasteiger partial charge >= 0.3 is 0 Å². The first-order valence-electron chi connectivity index (χ1n) is 5.62. The van der Waals surface area contributed by atoms with Crippen molar-refractivity contribution < 1.29 is 13.6 Å². The highest BCUT2D eigenvalue weighted by atomic mass is 79.9. The number of thiophene rings is 1. The quantitative estimate of drug-likeness (QED) is 0.647. The number of amides is 1. The number of nitriles is 1. The Hall–Kier alpha value is -2.04. The summed E-state index contributed by atoms with van der Waals surface area (Å²) >= 11 is 4.68. The number of rotatable bonds is 3. The third-order valence-electron chi connectivity index (χ3n) is 2.44. The Labute approximate surface area is 131 Å². The number of halogens is 3. The smallest absolute Gasteiger partial charge is 0.266 e. The number of nitrogens with zero attached hydrogens (tertiary/aromatic N) is 1. The minimum absolute atomic E-state index is 0.177. The number of anilines is 1. The minimum Gasteiger partial charge on any atom is -0.319 e. The summed E-state index contributed by atoms with van der Waals surface area (Å²) in [7, 11) is 0. The van der Waals surface area contributed by atoms with E-state index in [4.69, 9.17) is 5.26 Å². The van der Waals surface area contributed by atoms with Crippen LogP contribution in [0.15, 0.2) is 39.0 Å². The molecule has 0 saturated heterocycles. The summed E-state index contributed by atoms with van der Waals surface area (Å²) in [5.74, 6) is -2.41. The molecule has 0 atom stereocenters. The van der Waals surface area contributed by atoms with Gasteiger partial charge < -0.3 is 5.32 Å². The second-order valence-corrected chi connectivity index (χ2v) is 6.22. The van der Waals surface area contributed by atoms with E-state index < -0.39 is 17.5 Å². The normalized spacial score (nSPS) is 11.0. The second-order valence-electron chi connectivity index (χ2n) is 3.93. The fraction of sp³-hybridized carbons (Fsp3) is 0. The molecule has 2 rings (SSSR count). The molecule has 21 heavy (non-hydrogen) atoms. The topological polar surface area (TPSA) is 52.9 Å². The predicted molar refractivity (Wildman–Crippen MR) is 80.6 cm³/mol. The van der Waals surface area contributed by atoms with Crippen LogP contribution in [0.4, 0.5) is 14.5 Å². The van der Waals surface area contributed by atoms with Crippen LogP contribution in [-0.4, -0.2) is 5.91 Å². The van der Waals surface area contributed by atoms with E-state index in [2.05, 4.69) is 21.2 Å². The Balaban J connectivity index is 2.21. The van der Waals surface area contributed by atoms with E-state index in [1.807, 2.05) is 0 Å². The van der Waals surface area contributed by atoms with E-state index in [1.165, 1.54) is 17.4 Å². The zero-order valence-electron chi connectivity index (χ0n) is 10.4. The van der Waals surface area contributed by atoms with Gasteiger partial charge in [-0.1, -0.05) is 0 Å². The highest BCUT2D eigenvalue weighted by molar-refractivity contribution is 9.11. The number of nitrogens with one attached hydrogen (secondary N) is 1. The zero-order valence-corrected chi connectivity index (χ0v) is 12.8. The molecule has 0 radical (unpaired) electrons. The third kappa shape index (κ3) is 3.97. The van der Waals surface area contributed by atoms with Crippen molar-refractivity contribution in [1.82, 2.24) is 0 Å².